The number of aliphatic imine (C=N–C) groups is 1. The largest absolute Gasteiger partial charge is 0.370 e. The highest BCUT2D eigenvalue weighted by Crippen LogP contribution is 2.15. The highest BCUT2D eigenvalue weighted by molar-refractivity contribution is 5.83. The molecule has 0 spiro atoms. The highest BCUT2D eigenvalue weighted by atomic mass is 16.1. The molecule has 1 amide bonds. The minimum Gasteiger partial charge on any atom is -0.370 e. The molecule has 1 aliphatic heterocycles. The lowest BCUT2D eigenvalue weighted by Crippen LogP contribution is -2.22. The lowest BCUT2D eigenvalue weighted by molar-refractivity contribution is -0.118. The van der Waals surface area contributed by atoms with Crippen molar-refractivity contribution in [3.8, 4) is 0 Å². The van der Waals surface area contributed by atoms with Crippen LogP contribution in [-0.4, -0.2) is 17.7 Å². The van der Waals surface area contributed by atoms with Crippen LogP contribution in [0.2, 0.25) is 0 Å². The average molecular weight is 154 g/mol. The van der Waals surface area contributed by atoms with E-state index in [0.717, 1.165) is 25.0 Å². The lowest BCUT2D eigenvalue weighted by Gasteiger charge is -2.16. The van der Waals surface area contributed by atoms with E-state index < -0.39 is 0 Å². The van der Waals surface area contributed by atoms with Crippen molar-refractivity contribution < 1.29 is 4.79 Å². The van der Waals surface area contributed by atoms with Gasteiger partial charge in [0, 0.05) is 12.1 Å². The van der Waals surface area contributed by atoms with Crippen molar-refractivity contribution in [3.63, 3.8) is 0 Å². The van der Waals surface area contributed by atoms with E-state index in [1.807, 2.05) is 6.92 Å². The summed E-state index contributed by atoms with van der Waals surface area (Å²) in [6, 6.07) is 0.168. The van der Waals surface area contributed by atoms with Crippen LogP contribution in [0.5, 0.6) is 0 Å². The van der Waals surface area contributed by atoms with Crippen LogP contribution in [0.25, 0.3) is 0 Å². The fourth-order valence-corrected chi connectivity index (χ4v) is 1.41. The van der Waals surface area contributed by atoms with Crippen molar-refractivity contribution in [3.05, 3.63) is 0 Å². The van der Waals surface area contributed by atoms with Gasteiger partial charge in [-0.05, 0) is 26.2 Å². The Balaban J connectivity index is 2.46. The zero-order chi connectivity index (χ0) is 8.27. The number of primary amides is 1. The molecule has 0 bridgehead atoms. The topological polar surface area (TPSA) is 55.4 Å². The Labute approximate surface area is 66.7 Å². The molecule has 1 unspecified atom stereocenters. The second kappa shape index (κ2) is 3.51. The number of nitrogens with zero attached hydrogens (tertiary/aromatic N) is 1. The zero-order valence-electron chi connectivity index (χ0n) is 6.84. The Morgan fingerprint density at radius 2 is 2.55 bits per heavy atom. The predicted molar refractivity (Wildman–Crippen MR) is 44.6 cm³/mol. The van der Waals surface area contributed by atoms with E-state index in [-0.39, 0.29) is 11.9 Å². The van der Waals surface area contributed by atoms with Gasteiger partial charge < -0.3 is 5.73 Å². The van der Waals surface area contributed by atoms with E-state index >= 15 is 0 Å². The maximum absolute atomic E-state index is 10.5. The van der Waals surface area contributed by atoms with Crippen LogP contribution in [0.4, 0.5) is 0 Å². The van der Waals surface area contributed by atoms with Crippen molar-refractivity contribution in [1.29, 1.82) is 0 Å². The first-order chi connectivity index (χ1) is 5.18. The van der Waals surface area contributed by atoms with E-state index in [9.17, 15) is 4.79 Å². The van der Waals surface area contributed by atoms with Gasteiger partial charge in [0.15, 0.2) is 0 Å². The molecule has 1 atom stereocenters. The Bertz CT molecular complexity index is 187. The predicted octanol–water partition coefficient (Wildman–Crippen LogP) is 0.875. The molecule has 1 heterocycles. The summed E-state index contributed by atoms with van der Waals surface area (Å²) < 4.78 is 0. The quantitative estimate of drug-likeness (QED) is 0.630. The summed E-state index contributed by atoms with van der Waals surface area (Å²) in [5.74, 6) is -0.242. The van der Waals surface area contributed by atoms with Crippen LogP contribution >= 0.6 is 0 Å². The Morgan fingerprint density at radius 3 is 3.09 bits per heavy atom. The molecule has 0 aliphatic carbocycles. The first-order valence-electron chi connectivity index (χ1n) is 4.00. The van der Waals surface area contributed by atoms with Crippen molar-refractivity contribution in [1.82, 2.24) is 0 Å². The zero-order valence-corrected chi connectivity index (χ0v) is 6.84. The van der Waals surface area contributed by atoms with Gasteiger partial charge in [0.25, 0.3) is 0 Å². The van der Waals surface area contributed by atoms with Gasteiger partial charge in [-0.1, -0.05) is 0 Å². The highest BCUT2D eigenvalue weighted by Gasteiger charge is 2.14. The smallest absolute Gasteiger partial charge is 0.219 e. The summed E-state index contributed by atoms with van der Waals surface area (Å²) in [5.41, 5.74) is 6.22. The van der Waals surface area contributed by atoms with Crippen molar-refractivity contribution in [2.75, 3.05) is 0 Å². The van der Waals surface area contributed by atoms with Crippen molar-refractivity contribution in [2.45, 2.75) is 38.6 Å². The van der Waals surface area contributed by atoms with Gasteiger partial charge in [-0.25, -0.2) is 0 Å². The molecule has 11 heavy (non-hydrogen) atoms. The molecule has 3 nitrogen and oxygen atoms in total. The molecule has 0 saturated carbocycles. The monoisotopic (exact) mass is 154 g/mol. The van der Waals surface area contributed by atoms with E-state index in [1.165, 1.54) is 0 Å². The number of amides is 1. The first kappa shape index (κ1) is 8.24. The molecule has 0 aromatic carbocycles. The normalized spacial score (nSPS) is 24.5. The maximum atomic E-state index is 10.5. The van der Waals surface area contributed by atoms with Crippen LogP contribution in [-0.2, 0) is 4.79 Å². The molecule has 0 saturated heterocycles. The molecule has 0 fully saturated rings. The first-order valence-corrected chi connectivity index (χ1v) is 4.00. The second-order valence-electron chi connectivity index (χ2n) is 3.08. The third-order valence-corrected chi connectivity index (χ3v) is 1.92. The van der Waals surface area contributed by atoms with E-state index in [1.54, 1.807) is 0 Å². The number of hydrogen-bond donors (Lipinski definition) is 1. The molecule has 1 aliphatic rings. The van der Waals surface area contributed by atoms with Gasteiger partial charge in [-0.3, -0.25) is 9.79 Å². The standard InChI is InChI=1S/C8H14N2O/c1-6-3-2-4-7(10-6)5-8(9)11/h7H,2-5H2,1H3,(H2,9,11). The molecule has 62 valence electrons. The van der Waals surface area contributed by atoms with Crippen LogP contribution in [0.3, 0.4) is 0 Å². The van der Waals surface area contributed by atoms with Gasteiger partial charge in [-0.15, -0.1) is 0 Å². The van der Waals surface area contributed by atoms with E-state index in [0.29, 0.717) is 6.42 Å². The molecule has 3 heteroatoms. The summed E-state index contributed by atoms with van der Waals surface area (Å²) >= 11 is 0. The SMILES string of the molecule is CC1=NC(CC(N)=O)CCC1. The van der Waals surface area contributed by atoms with E-state index in [2.05, 4.69) is 4.99 Å². The summed E-state index contributed by atoms with van der Waals surface area (Å²) in [7, 11) is 0. The second-order valence-corrected chi connectivity index (χ2v) is 3.08. The minimum atomic E-state index is -0.242. The Hall–Kier alpha value is -0.860. The summed E-state index contributed by atoms with van der Waals surface area (Å²) in [6.45, 7) is 2.01. The molecular weight excluding hydrogens is 140 g/mol. The third-order valence-electron chi connectivity index (χ3n) is 1.92. The Morgan fingerprint density at radius 1 is 1.82 bits per heavy atom. The van der Waals surface area contributed by atoms with Crippen molar-refractivity contribution in [2.24, 2.45) is 10.7 Å². The average Bonchev–Trinajstić information content (AvgIpc) is 1.85. The summed E-state index contributed by atoms with van der Waals surface area (Å²) in [4.78, 5) is 14.9. The fraction of sp³-hybridized carbons (Fsp3) is 0.750. The van der Waals surface area contributed by atoms with Gasteiger partial charge in [0.2, 0.25) is 5.91 Å². The lowest BCUT2D eigenvalue weighted by atomic mass is 10.0. The molecule has 1 rings (SSSR count). The summed E-state index contributed by atoms with van der Waals surface area (Å²) in [6.07, 6.45) is 3.65. The number of carbonyl (C=O) groups is 1. The van der Waals surface area contributed by atoms with Crippen LogP contribution in [0.1, 0.15) is 32.6 Å². The number of rotatable bonds is 2. The van der Waals surface area contributed by atoms with Gasteiger partial charge in [-0.2, -0.15) is 0 Å². The van der Waals surface area contributed by atoms with Crippen molar-refractivity contribution >= 4 is 11.6 Å². The van der Waals surface area contributed by atoms with Crippen LogP contribution in [0.15, 0.2) is 4.99 Å². The number of carbonyl (C=O) groups excluding carboxylic acids is 1. The minimum absolute atomic E-state index is 0.168. The van der Waals surface area contributed by atoms with Gasteiger partial charge in [0.05, 0.1) is 6.04 Å². The van der Waals surface area contributed by atoms with Gasteiger partial charge >= 0.3 is 0 Å². The number of nitrogens with two attached hydrogens (primary N) is 1. The maximum Gasteiger partial charge on any atom is 0.219 e. The van der Waals surface area contributed by atoms with E-state index in [4.69, 9.17) is 5.73 Å². The van der Waals surface area contributed by atoms with Crippen LogP contribution in [0, 0.1) is 0 Å². The molecule has 2 N–H and O–H groups in total. The number of hydrogen-bond acceptors (Lipinski definition) is 2. The molecule has 0 aromatic heterocycles. The van der Waals surface area contributed by atoms with Gasteiger partial charge in [0.1, 0.15) is 0 Å². The third kappa shape index (κ3) is 2.70. The molecule has 0 aromatic rings. The Kier molecular flexibility index (Phi) is 2.63. The molecule has 0 radical (unpaired) electrons. The molecular formula is C8H14N2O. The fourth-order valence-electron chi connectivity index (χ4n) is 1.41. The van der Waals surface area contributed by atoms with Crippen LogP contribution < -0.4 is 5.73 Å². The summed E-state index contributed by atoms with van der Waals surface area (Å²) in [5, 5.41) is 0.